The number of carbonyl (C=O) groups is 2. The summed E-state index contributed by atoms with van der Waals surface area (Å²) in [7, 11) is 0. The molecule has 8 heteroatoms. The van der Waals surface area contributed by atoms with E-state index in [1.165, 1.54) is 11.4 Å². The first-order chi connectivity index (χ1) is 19.0. The number of allylic oxidation sites excluding steroid dienone is 2. The molecule has 1 aliphatic carbocycles. The fourth-order valence-corrected chi connectivity index (χ4v) is 5.63. The molecule has 0 spiro atoms. The van der Waals surface area contributed by atoms with Crippen LogP contribution in [0.15, 0.2) is 77.2 Å². The molecule has 204 valence electrons. The zero-order valence-electron chi connectivity index (χ0n) is 22.6. The maximum absolute atomic E-state index is 13.9. The second-order valence-electron chi connectivity index (χ2n) is 10.1. The van der Waals surface area contributed by atoms with E-state index < -0.39 is 0 Å². The Kier molecular flexibility index (Phi) is 8.36. The third-order valence-electron chi connectivity index (χ3n) is 7.52. The average Bonchev–Trinajstić information content (AvgIpc) is 3.48. The summed E-state index contributed by atoms with van der Waals surface area (Å²) >= 11 is 6.28. The van der Waals surface area contributed by atoms with Gasteiger partial charge in [0, 0.05) is 24.2 Å². The van der Waals surface area contributed by atoms with Crippen molar-refractivity contribution in [2.45, 2.75) is 64.8 Å². The summed E-state index contributed by atoms with van der Waals surface area (Å²) in [6, 6.07) is 14.9. The van der Waals surface area contributed by atoms with Crippen molar-refractivity contribution in [1.82, 2.24) is 4.90 Å². The maximum Gasteiger partial charge on any atom is 0.281 e. The Hall–Kier alpha value is -3.58. The standard InChI is InChI=1S/C31H35ClN4O3/c1-3-5-20-35-26-21-22(32)16-18-27(26)39-28(35)19-17-25-29(31(38)34(4-2)23-12-8-6-9-13-23)33-36(30(25)37)24-14-10-7-11-15-24/h7,10-11,14-19,21,23H,3-6,8-9,12-13,20H2,1-2H3/b25-17-,28-19-. The van der Waals surface area contributed by atoms with Crippen LogP contribution in [-0.4, -0.2) is 41.6 Å². The summed E-state index contributed by atoms with van der Waals surface area (Å²) in [5, 5.41) is 6.54. The fraction of sp³-hybridized carbons (Fsp3) is 0.387. The highest BCUT2D eigenvalue weighted by Crippen LogP contribution is 2.41. The molecule has 5 rings (SSSR count). The number of carbonyl (C=O) groups excluding carboxylic acids is 2. The van der Waals surface area contributed by atoms with Gasteiger partial charge in [-0.1, -0.05) is 62.4 Å². The van der Waals surface area contributed by atoms with Gasteiger partial charge in [0.25, 0.3) is 11.8 Å². The van der Waals surface area contributed by atoms with Gasteiger partial charge in [-0.25, -0.2) is 0 Å². The predicted octanol–water partition coefficient (Wildman–Crippen LogP) is 6.69. The minimum Gasteiger partial charge on any atom is -0.439 e. The number of ether oxygens (including phenoxy) is 1. The molecule has 39 heavy (non-hydrogen) atoms. The molecule has 3 aliphatic rings. The molecule has 2 heterocycles. The second-order valence-corrected chi connectivity index (χ2v) is 10.5. The highest BCUT2D eigenvalue weighted by Gasteiger charge is 2.38. The largest absolute Gasteiger partial charge is 0.439 e. The number of hydrogen-bond acceptors (Lipinski definition) is 5. The Labute approximate surface area is 235 Å². The highest BCUT2D eigenvalue weighted by molar-refractivity contribution is 6.54. The van der Waals surface area contributed by atoms with E-state index in [-0.39, 0.29) is 29.1 Å². The second kappa shape index (κ2) is 12.1. The van der Waals surface area contributed by atoms with Crippen molar-refractivity contribution in [3.8, 4) is 5.75 Å². The Bertz CT molecular complexity index is 1310. The average molecular weight is 547 g/mol. The number of nitrogens with zero attached hydrogens (tertiary/aromatic N) is 4. The van der Waals surface area contributed by atoms with Gasteiger partial charge in [-0.15, -0.1) is 0 Å². The van der Waals surface area contributed by atoms with E-state index in [4.69, 9.17) is 16.3 Å². The first-order valence-corrected chi connectivity index (χ1v) is 14.4. The quantitative estimate of drug-likeness (QED) is 0.346. The number of benzene rings is 2. The van der Waals surface area contributed by atoms with Gasteiger partial charge in [0.05, 0.1) is 16.9 Å². The molecule has 0 saturated heterocycles. The molecule has 0 atom stereocenters. The third-order valence-corrected chi connectivity index (χ3v) is 7.75. The molecule has 0 bridgehead atoms. The third kappa shape index (κ3) is 5.59. The van der Waals surface area contributed by atoms with Crippen molar-refractivity contribution in [3.63, 3.8) is 0 Å². The lowest BCUT2D eigenvalue weighted by molar-refractivity contribution is -0.126. The van der Waals surface area contributed by atoms with E-state index >= 15 is 0 Å². The van der Waals surface area contributed by atoms with Crippen LogP contribution in [0, 0.1) is 0 Å². The molecule has 0 N–H and O–H groups in total. The number of para-hydroxylation sites is 1. The van der Waals surface area contributed by atoms with Crippen molar-refractivity contribution >= 4 is 40.5 Å². The molecule has 0 unspecified atom stereocenters. The van der Waals surface area contributed by atoms with Gasteiger partial charge in [0.1, 0.15) is 0 Å². The molecule has 0 aromatic heterocycles. The van der Waals surface area contributed by atoms with Gasteiger partial charge in [0.2, 0.25) is 5.88 Å². The molecule has 2 aromatic rings. The lowest BCUT2D eigenvalue weighted by atomic mass is 9.93. The number of fused-ring (bicyclic) bond motifs is 1. The fourth-order valence-electron chi connectivity index (χ4n) is 5.46. The van der Waals surface area contributed by atoms with Crippen LogP contribution in [0.1, 0.15) is 58.8 Å². The summed E-state index contributed by atoms with van der Waals surface area (Å²) in [5.74, 6) is 0.764. The SMILES string of the molecule is CCCCN1/C(=C/C=C2\C(=O)N(c3ccccc3)N=C2C(=O)N(CC)C2CCCCC2)Oc2ccc(Cl)cc21. The number of hydrazone groups is 1. The van der Waals surface area contributed by atoms with Gasteiger partial charge in [-0.05, 0) is 68.7 Å². The molecule has 1 fully saturated rings. The Morgan fingerprint density at radius 3 is 2.59 bits per heavy atom. The number of hydrogen-bond donors (Lipinski definition) is 0. The topological polar surface area (TPSA) is 65.5 Å². The van der Waals surface area contributed by atoms with Crippen LogP contribution >= 0.6 is 11.6 Å². The number of amides is 2. The first kappa shape index (κ1) is 27.0. The van der Waals surface area contributed by atoms with Crippen molar-refractivity contribution in [1.29, 1.82) is 0 Å². The lowest BCUT2D eigenvalue weighted by Crippen LogP contribution is -2.45. The Morgan fingerprint density at radius 1 is 1.10 bits per heavy atom. The van der Waals surface area contributed by atoms with Crippen molar-refractivity contribution in [2.24, 2.45) is 5.10 Å². The van der Waals surface area contributed by atoms with Gasteiger partial charge in [0.15, 0.2) is 11.5 Å². The number of unbranched alkanes of at least 4 members (excludes halogenated alkanes) is 1. The lowest BCUT2D eigenvalue weighted by Gasteiger charge is -2.33. The minimum atomic E-state index is -0.334. The summed E-state index contributed by atoms with van der Waals surface area (Å²) in [4.78, 5) is 31.6. The summed E-state index contributed by atoms with van der Waals surface area (Å²) in [6.07, 6.45) is 10.8. The number of rotatable bonds is 8. The van der Waals surface area contributed by atoms with Crippen LogP contribution in [0.5, 0.6) is 5.75 Å². The van der Waals surface area contributed by atoms with E-state index in [1.54, 1.807) is 18.2 Å². The van der Waals surface area contributed by atoms with Crippen LogP contribution in [0.4, 0.5) is 11.4 Å². The molecule has 0 radical (unpaired) electrons. The molecular formula is C31H35ClN4O3. The van der Waals surface area contributed by atoms with Crippen LogP contribution in [0.3, 0.4) is 0 Å². The van der Waals surface area contributed by atoms with Crippen molar-refractivity contribution in [3.05, 3.63) is 77.2 Å². The van der Waals surface area contributed by atoms with Gasteiger partial charge in [-0.2, -0.15) is 10.1 Å². The van der Waals surface area contributed by atoms with Crippen LogP contribution in [-0.2, 0) is 9.59 Å². The monoisotopic (exact) mass is 546 g/mol. The van der Waals surface area contributed by atoms with Gasteiger partial charge < -0.3 is 14.5 Å². The highest BCUT2D eigenvalue weighted by atomic mass is 35.5. The Morgan fingerprint density at radius 2 is 1.87 bits per heavy atom. The van der Waals surface area contributed by atoms with Crippen LogP contribution < -0.4 is 14.6 Å². The predicted molar refractivity (Wildman–Crippen MR) is 156 cm³/mol. The Balaban J connectivity index is 1.51. The summed E-state index contributed by atoms with van der Waals surface area (Å²) in [5.41, 5.74) is 1.95. The smallest absolute Gasteiger partial charge is 0.281 e. The van der Waals surface area contributed by atoms with Gasteiger partial charge >= 0.3 is 0 Å². The van der Waals surface area contributed by atoms with Crippen LogP contribution in [0.2, 0.25) is 5.02 Å². The first-order valence-electron chi connectivity index (χ1n) is 14.0. The van der Waals surface area contributed by atoms with Crippen molar-refractivity contribution < 1.29 is 14.3 Å². The number of halogens is 1. The van der Waals surface area contributed by atoms with E-state index in [0.717, 1.165) is 50.8 Å². The van der Waals surface area contributed by atoms with E-state index in [2.05, 4.69) is 16.9 Å². The van der Waals surface area contributed by atoms with E-state index in [9.17, 15) is 9.59 Å². The van der Waals surface area contributed by atoms with Crippen LogP contribution in [0.25, 0.3) is 0 Å². The zero-order chi connectivity index (χ0) is 27.4. The molecular weight excluding hydrogens is 512 g/mol. The minimum absolute atomic E-state index is 0.168. The number of anilines is 2. The molecule has 2 amide bonds. The van der Waals surface area contributed by atoms with E-state index in [1.807, 2.05) is 54.3 Å². The summed E-state index contributed by atoms with van der Waals surface area (Å²) < 4.78 is 6.16. The molecule has 2 aromatic carbocycles. The summed E-state index contributed by atoms with van der Waals surface area (Å²) in [6.45, 7) is 5.44. The zero-order valence-corrected chi connectivity index (χ0v) is 23.4. The molecule has 2 aliphatic heterocycles. The van der Waals surface area contributed by atoms with Crippen molar-refractivity contribution in [2.75, 3.05) is 23.0 Å². The molecule has 7 nitrogen and oxygen atoms in total. The van der Waals surface area contributed by atoms with Gasteiger partial charge in [-0.3, -0.25) is 9.59 Å². The maximum atomic E-state index is 13.9. The molecule has 1 saturated carbocycles. The van der Waals surface area contributed by atoms with E-state index in [0.29, 0.717) is 28.9 Å². The normalized spacial score (nSPS) is 19.5.